The molecule has 4 fully saturated rings. The topological polar surface area (TPSA) is 247 Å². The standard InChI is InChI=1S/C51H64N4O12S/c1-27(2)68-39(24-43(61)62)47(65)52-19-17-42(60)53-28(3)45(63)54-29(4)46(64)55-34-9-7-8-31(21-34)20-30-10-12-32(13-11-30)48-66-41-23-37-36-15-14-33-22-35(57)16-18-49(33,5)44(36)38(58)25-50(37,6)51(41,67-48)40(59)26-56/h7-13,16,18,21-22,27-29,36-39,41,44,48,56,58H,14-15,17,19-20,23-26H2,1-6H3,(H,52,65)(H,53,60)(H,54,63)(H,55,64)(H,61,62)/t28-,29-,36-,37?,38-,39?,41+,44?,48+,49-,50-,51+/m0/s1. The quantitative estimate of drug-likeness (QED) is 0.110. The monoisotopic (exact) mass is 956 g/mol. The zero-order chi connectivity index (χ0) is 49.3. The van der Waals surface area contributed by atoms with Crippen LogP contribution in [0.15, 0.2) is 72.3 Å². The molecule has 17 heteroatoms. The summed E-state index contributed by atoms with van der Waals surface area (Å²) in [6, 6.07) is 13.0. The van der Waals surface area contributed by atoms with Crippen molar-refractivity contribution in [2.24, 2.45) is 28.6 Å². The maximum atomic E-state index is 14.0. The Morgan fingerprint density at radius 1 is 0.926 bits per heavy atom. The van der Waals surface area contributed by atoms with E-state index in [0.717, 1.165) is 29.5 Å². The van der Waals surface area contributed by atoms with Crippen molar-refractivity contribution in [3.8, 4) is 0 Å². The first-order valence-electron chi connectivity index (χ1n) is 23.5. The fourth-order valence-corrected chi connectivity index (χ4v) is 12.9. The number of anilines is 1. The van der Waals surface area contributed by atoms with E-state index in [1.54, 1.807) is 18.2 Å². The second-order valence-corrected chi connectivity index (χ2v) is 21.6. The summed E-state index contributed by atoms with van der Waals surface area (Å²) in [6.07, 6.45) is 5.35. The van der Waals surface area contributed by atoms with Crippen LogP contribution in [0.1, 0.15) is 103 Å². The van der Waals surface area contributed by atoms with E-state index in [1.807, 2.05) is 69.3 Å². The summed E-state index contributed by atoms with van der Waals surface area (Å²) in [5.74, 6) is -3.74. The minimum atomic E-state index is -1.46. The van der Waals surface area contributed by atoms with E-state index >= 15 is 0 Å². The number of aliphatic hydroxyl groups excluding tert-OH is 2. The number of thioether (sulfide) groups is 1. The third-order valence-corrected chi connectivity index (χ3v) is 16.2. The van der Waals surface area contributed by atoms with Crippen LogP contribution < -0.4 is 21.3 Å². The van der Waals surface area contributed by atoms with Gasteiger partial charge in [0.25, 0.3) is 0 Å². The van der Waals surface area contributed by atoms with Gasteiger partial charge >= 0.3 is 5.97 Å². The van der Waals surface area contributed by atoms with Gasteiger partial charge in [0.15, 0.2) is 23.5 Å². The number of hydrogen-bond acceptors (Lipinski definition) is 12. The number of carboxylic acid groups (broad SMARTS) is 1. The van der Waals surface area contributed by atoms with Gasteiger partial charge in [-0.2, -0.15) is 0 Å². The van der Waals surface area contributed by atoms with Crippen molar-refractivity contribution in [1.29, 1.82) is 0 Å². The van der Waals surface area contributed by atoms with Crippen LogP contribution in [0.5, 0.6) is 0 Å². The number of benzene rings is 2. The molecule has 16 nitrogen and oxygen atoms in total. The highest BCUT2D eigenvalue weighted by molar-refractivity contribution is 8.01. The molecule has 0 radical (unpaired) electrons. The Labute approximate surface area is 400 Å². The Bertz CT molecular complexity index is 2370. The number of carboxylic acids is 1. The first kappa shape index (κ1) is 50.7. The number of nitrogens with one attached hydrogen (secondary N) is 4. The summed E-state index contributed by atoms with van der Waals surface area (Å²) in [7, 11) is 0. The van der Waals surface area contributed by atoms with Crippen molar-refractivity contribution in [3.05, 3.63) is 89.0 Å². The highest BCUT2D eigenvalue weighted by Gasteiger charge is 2.76. The molecule has 68 heavy (non-hydrogen) atoms. The van der Waals surface area contributed by atoms with E-state index in [0.29, 0.717) is 24.1 Å². The summed E-state index contributed by atoms with van der Waals surface area (Å²) in [5, 5.41) is 41.3. The number of hydrogen-bond donors (Lipinski definition) is 7. The van der Waals surface area contributed by atoms with E-state index in [4.69, 9.17) is 14.6 Å². The lowest BCUT2D eigenvalue weighted by Crippen LogP contribution is -2.63. The maximum absolute atomic E-state index is 14.0. The molecule has 4 amide bonds. The van der Waals surface area contributed by atoms with Gasteiger partial charge in [-0.1, -0.05) is 75.7 Å². The van der Waals surface area contributed by atoms with Crippen molar-refractivity contribution >= 4 is 58.6 Å². The predicted molar refractivity (Wildman–Crippen MR) is 253 cm³/mol. The molecule has 0 aromatic heterocycles. The summed E-state index contributed by atoms with van der Waals surface area (Å²) in [6.45, 7) is 10.0. The average molecular weight is 957 g/mol. The number of aliphatic carboxylic acids is 1. The molecule has 7 rings (SSSR count). The Morgan fingerprint density at radius 3 is 2.34 bits per heavy atom. The van der Waals surface area contributed by atoms with Gasteiger partial charge in [-0.05, 0) is 98.4 Å². The van der Waals surface area contributed by atoms with Gasteiger partial charge in [-0.25, -0.2) is 0 Å². The SMILES string of the molecule is CC(C)SC(CC(=O)O)C(=O)NCCC(=O)N[C@@H](C)C(=O)N[C@@H](C)C(=O)Nc1cccc(Cc2ccc([C@@H]3O[C@@H]4CC5[C@@H]6CCC7=CC(=O)C=C[C@]7(C)C6[C@@H](O)C[C@]5(C)[C@]4(C(=O)CO)O3)cc2)c1. The number of amides is 4. The zero-order valence-electron chi connectivity index (χ0n) is 39.4. The number of carbonyl (C=O) groups is 7. The second-order valence-electron chi connectivity index (χ2n) is 19.8. The van der Waals surface area contributed by atoms with Crippen LogP contribution in [0.25, 0.3) is 0 Å². The third kappa shape index (κ3) is 10.1. The first-order chi connectivity index (χ1) is 32.2. The van der Waals surface area contributed by atoms with Crippen LogP contribution in [-0.2, 0) is 49.5 Å². The number of Topliss-reactive ketones (excluding diaryl/α,β-unsaturated/α-hetero) is 1. The van der Waals surface area contributed by atoms with E-state index in [1.165, 1.54) is 25.6 Å². The molecule has 0 bridgehead atoms. The van der Waals surface area contributed by atoms with E-state index < -0.39 is 94.3 Å². The summed E-state index contributed by atoms with van der Waals surface area (Å²) in [5.41, 5.74) is 1.38. The maximum Gasteiger partial charge on any atom is 0.305 e. The smallest absolute Gasteiger partial charge is 0.305 e. The number of ketones is 2. The van der Waals surface area contributed by atoms with Crippen LogP contribution in [0, 0.1) is 28.6 Å². The lowest BCUT2D eigenvalue weighted by Gasteiger charge is -2.59. The normalized spacial score (nSPS) is 30.4. The number of carbonyl (C=O) groups excluding carboxylic acids is 6. The molecule has 4 aliphatic carbocycles. The summed E-state index contributed by atoms with van der Waals surface area (Å²) >= 11 is 1.22. The molecule has 7 N–H and O–H groups in total. The average Bonchev–Trinajstić information content (AvgIpc) is 3.78. The van der Waals surface area contributed by atoms with Gasteiger partial charge in [0.05, 0.1) is 23.9 Å². The molecule has 0 spiro atoms. The molecular formula is C51H64N4O12S. The van der Waals surface area contributed by atoms with Gasteiger partial charge in [0, 0.05) is 41.0 Å². The molecule has 2 aromatic carbocycles. The largest absolute Gasteiger partial charge is 0.481 e. The van der Waals surface area contributed by atoms with Gasteiger partial charge in [0.2, 0.25) is 23.6 Å². The molecule has 3 unspecified atom stereocenters. The molecule has 1 aliphatic heterocycles. The lowest BCUT2D eigenvalue weighted by molar-refractivity contribution is -0.201. The number of rotatable bonds is 18. The number of ether oxygens (including phenoxy) is 2. The molecule has 3 saturated carbocycles. The lowest BCUT2D eigenvalue weighted by atomic mass is 9.46. The van der Waals surface area contributed by atoms with Crippen LogP contribution in [0.4, 0.5) is 5.69 Å². The zero-order valence-corrected chi connectivity index (χ0v) is 40.2. The minimum absolute atomic E-state index is 0.0158. The fourth-order valence-electron chi connectivity index (χ4n) is 11.8. The van der Waals surface area contributed by atoms with E-state index in [-0.39, 0.29) is 54.6 Å². The number of aliphatic hydroxyl groups is 2. The molecule has 1 saturated heterocycles. The molecule has 2 aromatic rings. The van der Waals surface area contributed by atoms with Crippen molar-refractivity contribution < 1.29 is 58.4 Å². The minimum Gasteiger partial charge on any atom is -0.481 e. The Morgan fingerprint density at radius 2 is 1.65 bits per heavy atom. The van der Waals surface area contributed by atoms with Crippen molar-refractivity contribution in [1.82, 2.24) is 16.0 Å². The van der Waals surface area contributed by atoms with Crippen molar-refractivity contribution in [2.45, 2.75) is 133 Å². The fraction of sp³-hybridized carbons (Fsp3) is 0.549. The van der Waals surface area contributed by atoms with Gasteiger partial charge in [-0.15, -0.1) is 11.8 Å². The first-order valence-corrected chi connectivity index (χ1v) is 24.5. The van der Waals surface area contributed by atoms with Crippen molar-refractivity contribution in [3.63, 3.8) is 0 Å². The van der Waals surface area contributed by atoms with Gasteiger partial charge in [-0.3, -0.25) is 33.6 Å². The van der Waals surface area contributed by atoms with Crippen molar-refractivity contribution in [2.75, 3.05) is 18.5 Å². The number of allylic oxidation sites excluding steroid dienone is 4. The van der Waals surface area contributed by atoms with Gasteiger partial charge < -0.3 is 46.1 Å². The third-order valence-electron chi connectivity index (χ3n) is 14.9. The van der Waals surface area contributed by atoms with E-state index in [9.17, 15) is 43.8 Å². The van der Waals surface area contributed by atoms with Crippen LogP contribution >= 0.6 is 11.8 Å². The second kappa shape index (κ2) is 20.4. The van der Waals surface area contributed by atoms with Gasteiger partial charge in [0.1, 0.15) is 18.7 Å². The Balaban J connectivity index is 0.911. The molecule has 1 heterocycles. The highest BCUT2D eigenvalue weighted by Crippen LogP contribution is 2.70. The molecule has 12 atom stereocenters. The predicted octanol–water partition coefficient (Wildman–Crippen LogP) is 4.32. The molecule has 366 valence electrons. The van der Waals surface area contributed by atoms with Crippen LogP contribution in [0.3, 0.4) is 0 Å². The van der Waals surface area contributed by atoms with Crippen LogP contribution in [0.2, 0.25) is 0 Å². The highest BCUT2D eigenvalue weighted by atomic mass is 32.2. The molecular weight excluding hydrogens is 893 g/mol. The summed E-state index contributed by atoms with van der Waals surface area (Å²) in [4.78, 5) is 88.5. The van der Waals surface area contributed by atoms with E-state index in [2.05, 4.69) is 28.2 Å². The molecule has 5 aliphatic rings. The summed E-state index contributed by atoms with van der Waals surface area (Å²) < 4.78 is 13.4. The Kier molecular flexibility index (Phi) is 15.2. The Hall–Kier alpha value is -5.20. The number of fused-ring (bicyclic) bond motifs is 7. The van der Waals surface area contributed by atoms with Crippen LogP contribution in [-0.4, -0.2) is 110 Å².